The standard InChI is InChI=1S/C25H30N2O6/c1-10-8-7-9-14-11(2)17-18(19(29)15(10)14)23(32)25(33)22(31)16(13(4)28)12(3)20(27(5)6)24(25,26)21(17)30/h7-9,11,17,20-21,29-30,33H,26H2,1-6H3/t11-,17+,20+,21-,24-,25+/m0/s1. The topological polar surface area (TPSA) is 141 Å². The first-order valence-electron chi connectivity index (χ1n) is 10.9. The molecule has 8 nitrogen and oxygen atoms in total. The first kappa shape index (κ1) is 23.5. The van der Waals surface area contributed by atoms with E-state index in [0.29, 0.717) is 11.1 Å². The van der Waals surface area contributed by atoms with Crippen molar-refractivity contribution in [1.82, 2.24) is 4.90 Å². The maximum Gasteiger partial charge on any atom is 0.213 e. The van der Waals surface area contributed by atoms with Gasteiger partial charge in [0.1, 0.15) is 11.3 Å². The zero-order chi connectivity index (χ0) is 24.8. The summed E-state index contributed by atoms with van der Waals surface area (Å²) >= 11 is 0. The van der Waals surface area contributed by atoms with Gasteiger partial charge in [-0.05, 0) is 57.5 Å². The monoisotopic (exact) mass is 454 g/mol. The highest BCUT2D eigenvalue weighted by molar-refractivity contribution is 6.34. The van der Waals surface area contributed by atoms with Crippen molar-refractivity contribution in [2.75, 3.05) is 14.1 Å². The van der Waals surface area contributed by atoms with Crippen LogP contribution in [0.2, 0.25) is 0 Å². The molecule has 0 aromatic heterocycles. The van der Waals surface area contributed by atoms with Gasteiger partial charge in [-0.25, -0.2) is 0 Å². The van der Waals surface area contributed by atoms with E-state index in [0.717, 1.165) is 5.56 Å². The van der Waals surface area contributed by atoms with E-state index >= 15 is 0 Å². The normalized spacial score (nSPS) is 36.1. The molecular formula is C25H30N2O6. The zero-order valence-corrected chi connectivity index (χ0v) is 19.6. The molecule has 0 heterocycles. The van der Waals surface area contributed by atoms with E-state index in [2.05, 4.69) is 0 Å². The van der Waals surface area contributed by atoms with Gasteiger partial charge in [-0.1, -0.05) is 25.1 Å². The minimum absolute atomic E-state index is 0.228. The van der Waals surface area contributed by atoms with Crippen molar-refractivity contribution < 1.29 is 29.7 Å². The van der Waals surface area contributed by atoms with Crippen molar-refractivity contribution in [3.05, 3.63) is 51.6 Å². The minimum Gasteiger partial charge on any atom is -0.507 e. The van der Waals surface area contributed by atoms with Gasteiger partial charge >= 0.3 is 0 Å². The predicted octanol–water partition coefficient (Wildman–Crippen LogP) is 0.788. The Kier molecular flexibility index (Phi) is 5.11. The van der Waals surface area contributed by atoms with Crippen molar-refractivity contribution in [2.45, 2.75) is 56.9 Å². The van der Waals surface area contributed by atoms with Gasteiger partial charge in [-0.3, -0.25) is 14.4 Å². The van der Waals surface area contributed by atoms with Crippen molar-refractivity contribution >= 4 is 23.1 Å². The fourth-order valence-electron chi connectivity index (χ4n) is 6.49. The number of aryl methyl sites for hydroxylation is 1. The second-order valence-corrected chi connectivity index (χ2v) is 9.84. The van der Waals surface area contributed by atoms with E-state index in [1.165, 1.54) is 6.92 Å². The summed E-state index contributed by atoms with van der Waals surface area (Å²) in [6, 6.07) is 4.43. The maximum absolute atomic E-state index is 14.0. The second kappa shape index (κ2) is 7.17. The van der Waals surface area contributed by atoms with Crippen LogP contribution in [0.1, 0.15) is 43.4 Å². The predicted molar refractivity (Wildman–Crippen MR) is 121 cm³/mol. The van der Waals surface area contributed by atoms with Crippen LogP contribution in [0, 0.1) is 12.8 Å². The van der Waals surface area contributed by atoms with E-state index in [-0.39, 0.29) is 22.5 Å². The van der Waals surface area contributed by atoms with Crippen molar-refractivity contribution in [3.8, 4) is 0 Å². The molecular weight excluding hydrogens is 424 g/mol. The molecule has 0 saturated heterocycles. The number of rotatable bonds is 2. The van der Waals surface area contributed by atoms with Gasteiger partial charge in [0.05, 0.1) is 17.7 Å². The maximum atomic E-state index is 14.0. The first-order chi connectivity index (χ1) is 15.2. The van der Waals surface area contributed by atoms with Crippen LogP contribution in [-0.4, -0.2) is 75.0 Å². The number of fused-ring (bicyclic) bond motifs is 3. The highest BCUT2D eigenvalue weighted by atomic mass is 16.3. The van der Waals surface area contributed by atoms with Crippen molar-refractivity contribution in [2.24, 2.45) is 11.7 Å². The lowest BCUT2D eigenvalue weighted by Gasteiger charge is -2.60. The van der Waals surface area contributed by atoms with E-state index < -0.39 is 52.5 Å². The molecule has 0 aliphatic heterocycles. The third-order valence-corrected chi connectivity index (χ3v) is 7.87. The molecule has 0 bridgehead atoms. The lowest BCUT2D eigenvalue weighted by atomic mass is 9.49. The van der Waals surface area contributed by atoms with Crippen LogP contribution >= 0.6 is 0 Å². The molecule has 3 aliphatic rings. The van der Waals surface area contributed by atoms with Crippen LogP contribution in [-0.2, 0) is 14.4 Å². The molecule has 176 valence electrons. The van der Waals surface area contributed by atoms with Gasteiger partial charge in [0, 0.05) is 17.1 Å². The summed E-state index contributed by atoms with van der Waals surface area (Å²) in [7, 11) is 3.28. The zero-order valence-electron chi connectivity index (χ0n) is 19.6. The van der Waals surface area contributed by atoms with Crippen LogP contribution in [0.3, 0.4) is 0 Å². The SMILES string of the molecule is CC(=O)C1=C(C)[C@@H](N(C)C)[C@]2(N)[C@@H](O)[C@H]3C(=C(O)c4c(C)cccc4[C@@H]3C)C(=O)[C@]2(O)C1=O. The number of Topliss-reactive ketones (excluding diaryl/α,β-unsaturated/α-hetero) is 3. The van der Waals surface area contributed by atoms with Gasteiger partial charge in [-0.15, -0.1) is 0 Å². The molecule has 1 aromatic carbocycles. The lowest BCUT2D eigenvalue weighted by Crippen LogP contribution is -2.86. The first-order valence-corrected chi connectivity index (χ1v) is 10.9. The number of nitrogens with zero attached hydrogens (tertiary/aromatic N) is 1. The number of carbonyl (C=O) groups excluding carboxylic acids is 3. The Morgan fingerprint density at radius 2 is 1.76 bits per heavy atom. The van der Waals surface area contributed by atoms with E-state index in [4.69, 9.17) is 5.73 Å². The summed E-state index contributed by atoms with van der Waals surface area (Å²) in [5.74, 6) is -4.60. The van der Waals surface area contributed by atoms with E-state index in [1.807, 2.05) is 19.1 Å². The third kappa shape index (κ3) is 2.57. The largest absolute Gasteiger partial charge is 0.507 e. The van der Waals surface area contributed by atoms with Crippen LogP contribution in [0.15, 0.2) is 34.9 Å². The van der Waals surface area contributed by atoms with Crippen LogP contribution in [0.5, 0.6) is 0 Å². The molecule has 33 heavy (non-hydrogen) atoms. The molecule has 0 radical (unpaired) electrons. The molecule has 1 saturated carbocycles. The average molecular weight is 455 g/mol. The number of ketones is 3. The Morgan fingerprint density at radius 3 is 2.30 bits per heavy atom. The van der Waals surface area contributed by atoms with Crippen LogP contribution < -0.4 is 5.73 Å². The average Bonchev–Trinajstić information content (AvgIpc) is 2.72. The van der Waals surface area contributed by atoms with Gasteiger partial charge in [-0.2, -0.15) is 0 Å². The molecule has 5 N–H and O–H groups in total. The molecule has 8 heteroatoms. The van der Waals surface area contributed by atoms with Crippen LogP contribution in [0.25, 0.3) is 5.76 Å². The number of aliphatic hydroxyl groups excluding tert-OH is 2. The number of benzene rings is 1. The van der Waals surface area contributed by atoms with Gasteiger partial charge in [0.15, 0.2) is 5.78 Å². The fraction of sp³-hybridized carbons (Fsp3) is 0.480. The summed E-state index contributed by atoms with van der Waals surface area (Å²) in [5.41, 5.74) is 3.31. The highest BCUT2D eigenvalue weighted by Crippen LogP contribution is 2.55. The Hall–Kier alpha value is -2.65. The summed E-state index contributed by atoms with van der Waals surface area (Å²) in [5, 5.41) is 34.8. The molecule has 0 spiro atoms. The van der Waals surface area contributed by atoms with E-state index in [9.17, 15) is 29.7 Å². The molecule has 3 aliphatic carbocycles. The number of carbonyl (C=O) groups is 3. The Balaban J connectivity index is 2.11. The van der Waals surface area contributed by atoms with E-state index in [1.54, 1.807) is 38.9 Å². The summed E-state index contributed by atoms with van der Waals surface area (Å²) in [6.45, 7) is 6.33. The third-order valence-electron chi connectivity index (χ3n) is 7.87. The molecule has 0 unspecified atom stereocenters. The summed E-state index contributed by atoms with van der Waals surface area (Å²) in [4.78, 5) is 41.5. The van der Waals surface area contributed by atoms with Crippen LogP contribution in [0.4, 0.5) is 0 Å². The van der Waals surface area contributed by atoms with Gasteiger partial charge < -0.3 is 26.0 Å². The smallest absolute Gasteiger partial charge is 0.213 e. The number of nitrogens with two attached hydrogens (primary N) is 1. The number of aliphatic hydroxyl groups is 3. The Morgan fingerprint density at radius 1 is 1.15 bits per heavy atom. The highest BCUT2D eigenvalue weighted by Gasteiger charge is 2.75. The molecule has 6 atom stereocenters. The minimum atomic E-state index is -2.93. The fourth-order valence-corrected chi connectivity index (χ4v) is 6.49. The molecule has 0 amide bonds. The Labute approximate surface area is 192 Å². The molecule has 4 rings (SSSR count). The second-order valence-electron chi connectivity index (χ2n) is 9.84. The van der Waals surface area contributed by atoms with Crippen molar-refractivity contribution in [1.29, 1.82) is 0 Å². The van der Waals surface area contributed by atoms with Gasteiger partial charge in [0.25, 0.3) is 0 Å². The lowest BCUT2D eigenvalue weighted by molar-refractivity contribution is -0.178. The number of likely N-dealkylation sites (N-methyl/N-ethyl adjacent to an activating group) is 1. The molecule has 1 aromatic rings. The number of hydrogen-bond acceptors (Lipinski definition) is 8. The summed E-state index contributed by atoms with van der Waals surface area (Å²) < 4.78 is 0. The summed E-state index contributed by atoms with van der Waals surface area (Å²) in [6.07, 6.45) is -1.58. The Bertz CT molecular complexity index is 1180. The molecule has 1 fully saturated rings. The van der Waals surface area contributed by atoms with Gasteiger partial charge in [0.2, 0.25) is 17.2 Å². The number of hydrogen-bond donors (Lipinski definition) is 4. The quantitative estimate of drug-likeness (QED) is 0.380. The van der Waals surface area contributed by atoms with Crippen molar-refractivity contribution in [3.63, 3.8) is 0 Å².